The van der Waals surface area contributed by atoms with Crippen LogP contribution in [0.4, 0.5) is 0 Å². The molecule has 0 atom stereocenters. The molecule has 6 nitrogen and oxygen atoms in total. The van der Waals surface area contributed by atoms with Crippen molar-refractivity contribution < 1.29 is 9.53 Å². The number of rotatable bonds is 4. The van der Waals surface area contributed by atoms with Crippen LogP contribution >= 0.6 is 11.6 Å². The topological polar surface area (TPSA) is 77.0 Å². The Morgan fingerprint density at radius 2 is 2.21 bits per heavy atom. The highest BCUT2D eigenvalue weighted by molar-refractivity contribution is 6.29. The third-order valence-corrected chi connectivity index (χ3v) is 2.51. The van der Waals surface area contributed by atoms with Crippen molar-refractivity contribution in [2.24, 2.45) is 0 Å². The molecule has 0 saturated heterocycles. The highest BCUT2D eigenvalue weighted by Crippen LogP contribution is 2.08. The largest absolute Gasteiger partial charge is 0.481 e. The van der Waals surface area contributed by atoms with Crippen LogP contribution < -0.4 is 10.1 Å². The minimum Gasteiger partial charge on any atom is -0.481 e. The molecule has 7 heteroatoms. The Labute approximate surface area is 114 Å². The molecule has 0 aliphatic carbocycles. The number of halogens is 1. The summed E-state index contributed by atoms with van der Waals surface area (Å²) in [5.74, 6) is 0.179. The van der Waals surface area contributed by atoms with E-state index >= 15 is 0 Å². The van der Waals surface area contributed by atoms with E-state index in [-0.39, 0.29) is 16.8 Å². The lowest BCUT2D eigenvalue weighted by atomic mass is 10.2. The number of ether oxygens (including phenoxy) is 1. The number of methoxy groups -OCH3 is 1. The maximum Gasteiger partial charge on any atom is 0.271 e. The van der Waals surface area contributed by atoms with Crippen molar-refractivity contribution in [2.75, 3.05) is 7.11 Å². The number of carbonyl (C=O) groups is 1. The molecule has 0 radical (unpaired) electrons. The molecule has 0 aromatic carbocycles. The minimum absolute atomic E-state index is 0.213. The van der Waals surface area contributed by atoms with Crippen molar-refractivity contribution in [3.05, 3.63) is 47.1 Å². The van der Waals surface area contributed by atoms with E-state index in [1.807, 2.05) is 0 Å². The number of aromatic nitrogens is 3. The molecule has 2 heterocycles. The molecule has 19 heavy (non-hydrogen) atoms. The second-order valence-corrected chi connectivity index (χ2v) is 4.00. The molecule has 0 aliphatic heterocycles. The number of hydrogen-bond acceptors (Lipinski definition) is 5. The molecule has 0 bridgehead atoms. The first-order valence-corrected chi connectivity index (χ1v) is 5.81. The van der Waals surface area contributed by atoms with E-state index in [0.29, 0.717) is 12.4 Å². The zero-order chi connectivity index (χ0) is 13.7. The van der Waals surface area contributed by atoms with Crippen LogP contribution in [0.15, 0.2) is 30.7 Å². The maximum absolute atomic E-state index is 11.8. The molecule has 1 N–H and O–H groups in total. The van der Waals surface area contributed by atoms with Crippen LogP contribution in [0.25, 0.3) is 0 Å². The number of pyridine rings is 1. The molecule has 98 valence electrons. The Balaban J connectivity index is 1.98. The molecule has 2 aromatic rings. The van der Waals surface area contributed by atoms with Crippen molar-refractivity contribution >= 4 is 17.5 Å². The van der Waals surface area contributed by atoms with Gasteiger partial charge in [-0.2, -0.15) is 0 Å². The number of hydrogen-bond donors (Lipinski definition) is 1. The minimum atomic E-state index is -0.319. The summed E-state index contributed by atoms with van der Waals surface area (Å²) < 4.78 is 5.00. The Bertz CT molecular complexity index is 574. The predicted octanol–water partition coefficient (Wildman–Crippen LogP) is 1.46. The van der Waals surface area contributed by atoms with Gasteiger partial charge in [-0.3, -0.25) is 4.79 Å². The van der Waals surface area contributed by atoms with Crippen LogP contribution in [0.5, 0.6) is 5.88 Å². The Morgan fingerprint density at radius 3 is 2.89 bits per heavy atom. The van der Waals surface area contributed by atoms with Gasteiger partial charge in [0.05, 0.1) is 19.5 Å². The fraction of sp³-hybridized carbons (Fsp3) is 0.167. The van der Waals surface area contributed by atoms with E-state index in [1.165, 1.54) is 19.5 Å². The second kappa shape index (κ2) is 6.10. The van der Waals surface area contributed by atoms with Crippen molar-refractivity contribution in [3.63, 3.8) is 0 Å². The highest BCUT2D eigenvalue weighted by Gasteiger charge is 2.07. The zero-order valence-electron chi connectivity index (χ0n) is 10.1. The van der Waals surface area contributed by atoms with E-state index < -0.39 is 0 Å². The molecular weight excluding hydrogens is 268 g/mol. The van der Waals surface area contributed by atoms with Gasteiger partial charge in [-0.1, -0.05) is 11.6 Å². The normalized spacial score (nSPS) is 10.0. The lowest BCUT2D eigenvalue weighted by molar-refractivity contribution is 0.0945. The number of carbonyl (C=O) groups excluding carboxylic acids is 1. The number of amides is 1. The molecular formula is C12H11ClN4O2. The van der Waals surface area contributed by atoms with Crippen molar-refractivity contribution in [1.29, 1.82) is 0 Å². The summed E-state index contributed by atoms with van der Waals surface area (Å²) in [6.07, 6.45) is 4.26. The SMILES string of the molecule is COc1cc(CNC(=O)c2cnc(Cl)cn2)ccn1. The van der Waals surface area contributed by atoms with Gasteiger partial charge in [0, 0.05) is 18.8 Å². The summed E-state index contributed by atoms with van der Waals surface area (Å²) in [6, 6.07) is 3.53. The van der Waals surface area contributed by atoms with Crippen LogP contribution in [0, 0.1) is 0 Å². The van der Waals surface area contributed by atoms with Gasteiger partial charge in [0.1, 0.15) is 10.8 Å². The fourth-order valence-corrected chi connectivity index (χ4v) is 1.47. The van der Waals surface area contributed by atoms with Gasteiger partial charge in [0.15, 0.2) is 0 Å². The van der Waals surface area contributed by atoms with Crippen LogP contribution in [-0.2, 0) is 6.54 Å². The van der Waals surface area contributed by atoms with Gasteiger partial charge in [0.25, 0.3) is 5.91 Å². The monoisotopic (exact) mass is 278 g/mol. The van der Waals surface area contributed by atoms with Crippen molar-refractivity contribution in [2.45, 2.75) is 6.54 Å². The summed E-state index contributed by atoms with van der Waals surface area (Å²) >= 11 is 5.60. The van der Waals surface area contributed by atoms with E-state index in [2.05, 4.69) is 20.3 Å². The Morgan fingerprint density at radius 1 is 1.37 bits per heavy atom. The smallest absolute Gasteiger partial charge is 0.271 e. The van der Waals surface area contributed by atoms with E-state index in [4.69, 9.17) is 16.3 Å². The Kier molecular flexibility index (Phi) is 4.25. The summed E-state index contributed by atoms with van der Waals surface area (Å²) in [5.41, 5.74) is 1.09. The van der Waals surface area contributed by atoms with E-state index in [9.17, 15) is 4.79 Å². The van der Waals surface area contributed by atoms with Gasteiger partial charge >= 0.3 is 0 Å². The highest BCUT2D eigenvalue weighted by atomic mass is 35.5. The summed E-state index contributed by atoms with van der Waals surface area (Å²) in [5, 5.41) is 2.96. The Hall–Kier alpha value is -2.21. The molecule has 2 rings (SSSR count). The maximum atomic E-state index is 11.8. The summed E-state index contributed by atoms with van der Waals surface area (Å²) in [6.45, 7) is 0.349. The van der Waals surface area contributed by atoms with Gasteiger partial charge in [-0.25, -0.2) is 15.0 Å². The first kappa shape index (κ1) is 13.2. The summed E-state index contributed by atoms with van der Waals surface area (Å²) in [4.78, 5) is 23.4. The predicted molar refractivity (Wildman–Crippen MR) is 69.0 cm³/mol. The molecule has 0 unspecified atom stereocenters. The third-order valence-electron chi connectivity index (χ3n) is 2.31. The van der Waals surface area contributed by atoms with Crippen molar-refractivity contribution in [3.8, 4) is 5.88 Å². The lowest BCUT2D eigenvalue weighted by Gasteiger charge is -2.05. The van der Waals surface area contributed by atoms with Crippen molar-refractivity contribution in [1.82, 2.24) is 20.3 Å². The van der Waals surface area contributed by atoms with Gasteiger partial charge < -0.3 is 10.1 Å². The molecule has 1 amide bonds. The standard InChI is InChI=1S/C12H11ClN4O2/c1-19-11-4-8(2-3-14-11)5-17-12(18)9-6-16-10(13)7-15-9/h2-4,6-7H,5H2,1H3,(H,17,18). The zero-order valence-corrected chi connectivity index (χ0v) is 10.9. The molecule has 0 fully saturated rings. The number of nitrogens with one attached hydrogen (secondary N) is 1. The van der Waals surface area contributed by atoms with E-state index in [0.717, 1.165) is 5.56 Å². The van der Waals surface area contributed by atoms with Crippen LogP contribution in [0.2, 0.25) is 5.15 Å². The molecule has 2 aromatic heterocycles. The van der Waals surface area contributed by atoms with Crippen LogP contribution in [0.1, 0.15) is 16.1 Å². The second-order valence-electron chi connectivity index (χ2n) is 3.61. The number of nitrogens with zero attached hydrogens (tertiary/aromatic N) is 3. The first-order chi connectivity index (χ1) is 9.19. The quantitative estimate of drug-likeness (QED) is 0.916. The molecule has 0 aliphatic rings. The van der Waals surface area contributed by atoms with Crippen LogP contribution in [0.3, 0.4) is 0 Å². The first-order valence-electron chi connectivity index (χ1n) is 5.43. The van der Waals surface area contributed by atoms with E-state index in [1.54, 1.807) is 18.3 Å². The average molecular weight is 279 g/mol. The fourth-order valence-electron chi connectivity index (χ4n) is 1.37. The summed E-state index contributed by atoms with van der Waals surface area (Å²) in [7, 11) is 1.54. The van der Waals surface area contributed by atoms with Crippen LogP contribution in [-0.4, -0.2) is 28.0 Å². The third kappa shape index (κ3) is 3.62. The van der Waals surface area contributed by atoms with Gasteiger partial charge in [-0.15, -0.1) is 0 Å². The van der Waals surface area contributed by atoms with Gasteiger partial charge in [0.2, 0.25) is 5.88 Å². The molecule has 0 saturated carbocycles. The lowest BCUT2D eigenvalue weighted by Crippen LogP contribution is -2.24. The average Bonchev–Trinajstić information content (AvgIpc) is 2.46. The molecule has 0 spiro atoms. The van der Waals surface area contributed by atoms with Gasteiger partial charge in [-0.05, 0) is 11.6 Å².